The SMILES string of the molecule is CC(Cc1ccccc1)C(=O)N(C)c1cc2ccc1CCc1ccc(cc1)CC2. The molecule has 0 spiro atoms. The Balaban J connectivity index is 1.57. The van der Waals surface area contributed by atoms with Gasteiger partial charge in [0.25, 0.3) is 0 Å². The standard InChI is InChI=1S/C27H29NO/c1-20(18-23-6-4-3-5-7-23)27(29)28(2)26-19-24-13-12-21-8-10-22(11-9-21)14-16-25(26)17-15-24/h3-11,15,17,19-20H,12-14,16,18H2,1-2H3. The van der Waals surface area contributed by atoms with Crippen LogP contribution in [0.15, 0.2) is 72.8 Å². The minimum atomic E-state index is -0.0513. The molecule has 4 aliphatic rings. The number of amides is 1. The van der Waals surface area contributed by atoms with Gasteiger partial charge in [0.1, 0.15) is 0 Å². The third kappa shape index (κ3) is 4.59. The second-order valence-electron chi connectivity index (χ2n) is 8.27. The van der Waals surface area contributed by atoms with E-state index in [1.165, 1.54) is 27.8 Å². The van der Waals surface area contributed by atoms with Crippen molar-refractivity contribution in [2.45, 2.75) is 39.0 Å². The molecular formula is C27H29NO. The fourth-order valence-electron chi connectivity index (χ4n) is 4.23. The molecule has 0 fully saturated rings. The number of carbonyl (C=O) groups is 1. The Labute approximate surface area is 174 Å². The summed E-state index contributed by atoms with van der Waals surface area (Å²) in [6.07, 6.45) is 4.73. The molecule has 0 saturated carbocycles. The monoisotopic (exact) mass is 383 g/mol. The molecule has 3 aromatic carbocycles. The summed E-state index contributed by atoms with van der Waals surface area (Å²) in [7, 11) is 1.94. The van der Waals surface area contributed by atoms with Crippen LogP contribution in [0.5, 0.6) is 0 Å². The molecule has 4 aliphatic carbocycles. The predicted octanol–water partition coefficient (Wildman–Crippen LogP) is 5.41. The maximum absolute atomic E-state index is 13.2. The van der Waals surface area contributed by atoms with E-state index in [4.69, 9.17) is 0 Å². The highest BCUT2D eigenvalue weighted by atomic mass is 16.2. The predicted molar refractivity (Wildman–Crippen MR) is 120 cm³/mol. The van der Waals surface area contributed by atoms with Gasteiger partial charge in [-0.05, 0) is 66.0 Å². The van der Waals surface area contributed by atoms with Gasteiger partial charge in [-0.2, -0.15) is 0 Å². The minimum Gasteiger partial charge on any atom is -0.315 e. The van der Waals surface area contributed by atoms with Gasteiger partial charge < -0.3 is 4.90 Å². The first-order valence-electron chi connectivity index (χ1n) is 10.6. The minimum absolute atomic E-state index is 0.0513. The molecule has 1 unspecified atom stereocenters. The first-order valence-corrected chi connectivity index (χ1v) is 10.6. The van der Waals surface area contributed by atoms with Gasteiger partial charge in [-0.15, -0.1) is 0 Å². The highest BCUT2D eigenvalue weighted by Crippen LogP contribution is 2.27. The summed E-state index contributed by atoms with van der Waals surface area (Å²) >= 11 is 0. The molecule has 7 rings (SSSR count). The van der Waals surface area contributed by atoms with E-state index in [1.807, 2.05) is 37.1 Å². The van der Waals surface area contributed by atoms with Crippen molar-refractivity contribution in [2.75, 3.05) is 11.9 Å². The molecule has 3 aromatic rings. The molecule has 2 heteroatoms. The molecule has 1 atom stereocenters. The van der Waals surface area contributed by atoms with Crippen molar-refractivity contribution in [3.63, 3.8) is 0 Å². The van der Waals surface area contributed by atoms with Gasteiger partial charge in [-0.1, -0.05) is 73.7 Å². The average Bonchev–Trinajstić information content (AvgIpc) is 2.75. The van der Waals surface area contributed by atoms with Crippen LogP contribution >= 0.6 is 0 Å². The summed E-state index contributed by atoms with van der Waals surface area (Å²) in [6.45, 7) is 2.04. The molecule has 0 N–H and O–H groups in total. The lowest BCUT2D eigenvalue weighted by Gasteiger charge is -2.25. The van der Waals surface area contributed by atoms with Crippen molar-refractivity contribution in [1.29, 1.82) is 0 Å². The van der Waals surface area contributed by atoms with Crippen LogP contribution in [0.25, 0.3) is 0 Å². The van der Waals surface area contributed by atoms with E-state index in [9.17, 15) is 4.79 Å². The Morgan fingerprint density at radius 2 is 1.41 bits per heavy atom. The van der Waals surface area contributed by atoms with Gasteiger partial charge in [-0.3, -0.25) is 4.79 Å². The zero-order valence-electron chi connectivity index (χ0n) is 17.4. The zero-order valence-corrected chi connectivity index (χ0v) is 17.4. The number of hydrogen-bond acceptors (Lipinski definition) is 1. The topological polar surface area (TPSA) is 20.3 Å². The van der Waals surface area contributed by atoms with Crippen molar-refractivity contribution < 1.29 is 4.79 Å². The number of benzene rings is 3. The summed E-state index contributed by atoms with van der Waals surface area (Å²) in [6, 6.07) is 26.0. The Morgan fingerprint density at radius 3 is 2.10 bits per heavy atom. The molecular weight excluding hydrogens is 354 g/mol. The second kappa shape index (κ2) is 8.65. The highest BCUT2D eigenvalue weighted by molar-refractivity contribution is 5.95. The highest BCUT2D eigenvalue weighted by Gasteiger charge is 2.21. The van der Waals surface area contributed by atoms with E-state index in [-0.39, 0.29) is 11.8 Å². The van der Waals surface area contributed by atoms with Crippen molar-refractivity contribution in [2.24, 2.45) is 5.92 Å². The quantitative estimate of drug-likeness (QED) is 0.590. The fourth-order valence-corrected chi connectivity index (χ4v) is 4.23. The van der Waals surface area contributed by atoms with Gasteiger partial charge in [0, 0.05) is 18.7 Å². The van der Waals surface area contributed by atoms with Crippen LogP contribution in [0.2, 0.25) is 0 Å². The van der Waals surface area contributed by atoms with Crippen LogP contribution in [-0.2, 0) is 36.9 Å². The van der Waals surface area contributed by atoms with Gasteiger partial charge in [0.15, 0.2) is 0 Å². The Morgan fingerprint density at radius 1 is 0.828 bits per heavy atom. The molecule has 0 aliphatic heterocycles. The van der Waals surface area contributed by atoms with E-state index in [1.54, 1.807) is 0 Å². The molecule has 29 heavy (non-hydrogen) atoms. The number of nitrogens with zero attached hydrogens (tertiary/aromatic N) is 1. The van der Waals surface area contributed by atoms with Crippen LogP contribution in [-0.4, -0.2) is 13.0 Å². The van der Waals surface area contributed by atoms with Crippen molar-refractivity contribution >= 4 is 11.6 Å². The van der Waals surface area contributed by atoms with Crippen molar-refractivity contribution in [3.05, 3.63) is 101 Å². The van der Waals surface area contributed by atoms with Gasteiger partial charge in [-0.25, -0.2) is 0 Å². The first-order chi connectivity index (χ1) is 14.1. The molecule has 0 aromatic heterocycles. The fraction of sp³-hybridized carbons (Fsp3) is 0.296. The summed E-state index contributed by atoms with van der Waals surface area (Å²) < 4.78 is 0. The average molecular weight is 384 g/mol. The largest absolute Gasteiger partial charge is 0.315 e. The molecule has 148 valence electrons. The lowest BCUT2D eigenvalue weighted by molar-refractivity contribution is -0.121. The first kappa shape index (κ1) is 19.4. The third-order valence-corrected chi connectivity index (χ3v) is 6.06. The van der Waals surface area contributed by atoms with E-state index in [2.05, 4.69) is 54.6 Å². The van der Waals surface area contributed by atoms with Gasteiger partial charge in [0.05, 0.1) is 0 Å². The molecule has 2 nitrogen and oxygen atoms in total. The lowest BCUT2D eigenvalue weighted by Crippen LogP contribution is -2.33. The molecule has 4 bridgehead atoms. The van der Waals surface area contributed by atoms with Crippen molar-refractivity contribution in [3.8, 4) is 0 Å². The number of carbonyl (C=O) groups excluding carboxylic acids is 1. The smallest absolute Gasteiger partial charge is 0.229 e. The zero-order chi connectivity index (χ0) is 20.2. The third-order valence-electron chi connectivity index (χ3n) is 6.06. The summed E-state index contributed by atoms with van der Waals surface area (Å²) in [5.41, 5.74) is 7.56. The van der Waals surface area contributed by atoms with Gasteiger partial charge >= 0.3 is 0 Å². The van der Waals surface area contributed by atoms with E-state index in [0.717, 1.165) is 37.8 Å². The Hall–Kier alpha value is -2.87. The van der Waals surface area contributed by atoms with Crippen molar-refractivity contribution in [1.82, 2.24) is 0 Å². The Kier molecular flexibility index (Phi) is 5.80. The Bertz CT molecular complexity index is 975. The van der Waals surface area contributed by atoms with Crippen LogP contribution in [0.3, 0.4) is 0 Å². The summed E-state index contributed by atoms with van der Waals surface area (Å²) in [5, 5.41) is 0. The number of aryl methyl sites for hydroxylation is 4. The molecule has 1 amide bonds. The number of hydrogen-bond donors (Lipinski definition) is 0. The summed E-state index contributed by atoms with van der Waals surface area (Å²) in [5.74, 6) is 0.132. The van der Waals surface area contributed by atoms with E-state index < -0.39 is 0 Å². The van der Waals surface area contributed by atoms with Crippen LogP contribution in [0.4, 0.5) is 5.69 Å². The summed E-state index contributed by atoms with van der Waals surface area (Å²) in [4.78, 5) is 15.1. The maximum Gasteiger partial charge on any atom is 0.229 e. The van der Waals surface area contributed by atoms with Gasteiger partial charge in [0.2, 0.25) is 5.91 Å². The number of rotatable bonds is 4. The van der Waals surface area contributed by atoms with E-state index in [0.29, 0.717) is 0 Å². The second-order valence-corrected chi connectivity index (χ2v) is 8.27. The molecule has 0 heterocycles. The van der Waals surface area contributed by atoms with E-state index >= 15 is 0 Å². The lowest BCUT2D eigenvalue weighted by atomic mass is 9.94. The van der Waals surface area contributed by atoms with Crippen LogP contribution in [0.1, 0.15) is 34.7 Å². The maximum atomic E-state index is 13.2. The molecule has 0 saturated heterocycles. The van der Waals surface area contributed by atoms with Crippen LogP contribution in [0, 0.1) is 5.92 Å². The number of anilines is 1. The van der Waals surface area contributed by atoms with Crippen LogP contribution < -0.4 is 4.90 Å². The normalized spacial score (nSPS) is 14.1. The molecule has 0 radical (unpaired) electrons.